The molecular formula is C36H62FeO4. The largest absolute Gasteiger partial charge is 2.00 e. The monoisotopic (exact) mass is 614 g/mol. The average Bonchev–Trinajstić information content (AvgIpc) is 2.93. The molecule has 0 rings (SSSR count). The van der Waals surface area contributed by atoms with Crippen molar-refractivity contribution < 1.29 is 36.9 Å². The van der Waals surface area contributed by atoms with Gasteiger partial charge in [0.2, 0.25) is 0 Å². The number of carboxylic acids is 2. The minimum atomic E-state index is -0.921. The molecule has 0 aromatic rings. The van der Waals surface area contributed by atoms with Crippen molar-refractivity contribution in [2.24, 2.45) is 0 Å². The summed E-state index contributed by atoms with van der Waals surface area (Å²) < 4.78 is 0. The molecule has 0 radical (unpaired) electrons. The van der Waals surface area contributed by atoms with Gasteiger partial charge in [-0.25, -0.2) is 0 Å². The Bertz CT molecular complexity index is 596. The van der Waals surface area contributed by atoms with Crippen LogP contribution in [0.3, 0.4) is 0 Å². The minimum Gasteiger partial charge on any atom is -0.550 e. The first-order chi connectivity index (χ1) is 19.5. The number of rotatable bonds is 28. The first-order valence-corrected chi connectivity index (χ1v) is 16.5. The average molecular weight is 615 g/mol. The second-order valence-corrected chi connectivity index (χ2v) is 10.7. The van der Waals surface area contributed by atoms with Gasteiger partial charge in [-0.15, -0.1) is 0 Å². The van der Waals surface area contributed by atoms with Gasteiger partial charge >= 0.3 is 17.1 Å². The number of carboxylic acid groups (broad SMARTS) is 2. The van der Waals surface area contributed by atoms with Crippen molar-refractivity contribution in [3.8, 4) is 0 Å². The molecule has 0 saturated carbocycles. The number of hydrogen-bond acceptors (Lipinski definition) is 4. The van der Waals surface area contributed by atoms with Gasteiger partial charge in [0, 0.05) is 11.9 Å². The summed E-state index contributed by atoms with van der Waals surface area (Å²) in [6.45, 7) is 4.46. The Labute approximate surface area is 264 Å². The number of aliphatic carboxylic acids is 2. The zero-order valence-corrected chi connectivity index (χ0v) is 27.7. The Balaban J connectivity index is -0.000000688. The SMILES string of the molecule is CCCCC/C=C\C/C=C\CCCCCCCC(=O)[O-].CCCCC/C=C\C/C=C\CCCCCCCC(=O)[O-].[Fe+2]. The Morgan fingerprint density at radius 3 is 0.976 bits per heavy atom. The second kappa shape index (κ2) is 40.6. The van der Waals surface area contributed by atoms with Crippen molar-refractivity contribution in [3.05, 3.63) is 48.6 Å². The smallest absolute Gasteiger partial charge is 0.550 e. The van der Waals surface area contributed by atoms with Gasteiger partial charge in [0.1, 0.15) is 0 Å². The van der Waals surface area contributed by atoms with Crippen molar-refractivity contribution in [2.75, 3.05) is 0 Å². The van der Waals surface area contributed by atoms with Gasteiger partial charge in [0.05, 0.1) is 0 Å². The molecule has 0 aliphatic rings. The fraction of sp³-hybridized carbons (Fsp3) is 0.722. The first kappa shape index (κ1) is 43.9. The van der Waals surface area contributed by atoms with Gasteiger partial charge in [-0.2, -0.15) is 0 Å². The van der Waals surface area contributed by atoms with Crippen LogP contribution < -0.4 is 10.2 Å². The molecule has 0 N–H and O–H groups in total. The van der Waals surface area contributed by atoms with Crippen LogP contribution in [-0.2, 0) is 26.7 Å². The van der Waals surface area contributed by atoms with E-state index in [1.54, 1.807) is 0 Å². The van der Waals surface area contributed by atoms with Crippen LogP contribution in [0, 0.1) is 0 Å². The van der Waals surface area contributed by atoms with Crippen molar-refractivity contribution in [1.82, 2.24) is 0 Å². The van der Waals surface area contributed by atoms with E-state index in [4.69, 9.17) is 0 Å². The van der Waals surface area contributed by atoms with Crippen LogP contribution >= 0.6 is 0 Å². The Morgan fingerprint density at radius 1 is 0.415 bits per heavy atom. The van der Waals surface area contributed by atoms with Gasteiger partial charge in [-0.05, 0) is 89.9 Å². The van der Waals surface area contributed by atoms with E-state index in [1.165, 1.54) is 77.0 Å². The number of carbonyl (C=O) groups excluding carboxylic acids is 2. The molecule has 0 heterocycles. The number of unbranched alkanes of at least 4 members (excludes halogenated alkanes) is 16. The molecule has 0 atom stereocenters. The summed E-state index contributed by atoms with van der Waals surface area (Å²) in [5, 5.41) is 20.4. The third kappa shape index (κ3) is 48.5. The molecule has 0 spiro atoms. The fourth-order valence-corrected chi connectivity index (χ4v) is 4.16. The molecule has 0 saturated heterocycles. The molecule has 0 bridgehead atoms. The Kier molecular flexibility index (Phi) is 43.4. The Hall–Kier alpha value is -1.58. The maximum absolute atomic E-state index is 10.2. The predicted molar refractivity (Wildman–Crippen MR) is 169 cm³/mol. The summed E-state index contributed by atoms with van der Waals surface area (Å²) in [6, 6.07) is 0. The predicted octanol–water partition coefficient (Wildman–Crippen LogP) is 9.10. The summed E-state index contributed by atoms with van der Waals surface area (Å²) in [4.78, 5) is 20.4. The van der Waals surface area contributed by atoms with E-state index < -0.39 is 11.9 Å². The van der Waals surface area contributed by atoms with Gasteiger partial charge in [-0.1, -0.05) is 127 Å². The number of allylic oxidation sites excluding steroid dienone is 8. The number of carbonyl (C=O) groups is 2. The summed E-state index contributed by atoms with van der Waals surface area (Å²) in [5.41, 5.74) is 0. The maximum atomic E-state index is 10.2. The van der Waals surface area contributed by atoms with Crippen molar-refractivity contribution >= 4 is 11.9 Å². The van der Waals surface area contributed by atoms with Crippen LogP contribution in [0.4, 0.5) is 0 Å². The number of hydrogen-bond donors (Lipinski definition) is 0. The molecule has 0 unspecified atom stereocenters. The molecule has 238 valence electrons. The zero-order valence-electron chi connectivity index (χ0n) is 26.6. The summed E-state index contributed by atoms with van der Waals surface area (Å²) in [7, 11) is 0. The van der Waals surface area contributed by atoms with Crippen molar-refractivity contribution in [1.29, 1.82) is 0 Å². The standard InChI is InChI=1S/2C18H32O2.Fe/c2*1-2-3-4-5-6-7-8-9-10-11-12-13-14-15-16-17-18(19)20;/h2*6-7,9-10H,2-5,8,11-17H2,1H3,(H,19,20);/q;;+2/p-2/b2*7-6-,10-9-;. The summed E-state index contributed by atoms with van der Waals surface area (Å²) in [6.07, 6.45) is 43.9. The van der Waals surface area contributed by atoms with E-state index in [9.17, 15) is 19.8 Å². The quantitative estimate of drug-likeness (QED) is 0.0500. The van der Waals surface area contributed by atoms with Gasteiger partial charge in [-0.3, -0.25) is 0 Å². The van der Waals surface area contributed by atoms with E-state index in [2.05, 4.69) is 62.5 Å². The van der Waals surface area contributed by atoms with Crippen LogP contribution in [0.1, 0.15) is 168 Å². The minimum absolute atomic E-state index is 0. The molecule has 4 nitrogen and oxygen atoms in total. The third-order valence-electron chi connectivity index (χ3n) is 6.66. The molecular weight excluding hydrogens is 552 g/mol. The van der Waals surface area contributed by atoms with Crippen LogP contribution in [0.2, 0.25) is 0 Å². The van der Waals surface area contributed by atoms with Gasteiger partial charge < -0.3 is 19.8 Å². The molecule has 0 aliphatic heterocycles. The van der Waals surface area contributed by atoms with Crippen LogP contribution in [0.15, 0.2) is 48.6 Å². The van der Waals surface area contributed by atoms with E-state index in [1.807, 2.05) is 0 Å². The van der Waals surface area contributed by atoms with Crippen LogP contribution in [0.25, 0.3) is 0 Å². The summed E-state index contributed by atoms with van der Waals surface area (Å²) in [5.74, 6) is -1.84. The van der Waals surface area contributed by atoms with Crippen molar-refractivity contribution in [3.63, 3.8) is 0 Å². The van der Waals surface area contributed by atoms with Crippen molar-refractivity contribution in [2.45, 2.75) is 168 Å². The van der Waals surface area contributed by atoms with Gasteiger partial charge in [0.25, 0.3) is 0 Å². The second-order valence-electron chi connectivity index (χ2n) is 10.7. The normalized spacial score (nSPS) is 11.4. The topological polar surface area (TPSA) is 80.3 Å². The van der Waals surface area contributed by atoms with E-state index in [-0.39, 0.29) is 29.9 Å². The van der Waals surface area contributed by atoms with Crippen LogP contribution in [0.5, 0.6) is 0 Å². The molecule has 0 fully saturated rings. The van der Waals surface area contributed by atoms with Crippen LogP contribution in [-0.4, -0.2) is 11.9 Å². The van der Waals surface area contributed by atoms with Gasteiger partial charge in [0.15, 0.2) is 0 Å². The maximum Gasteiger partial charge on any atom is 2.00 e. The molecule has 41 heavy (non-hydrogen) atoms. The van der Waals surface area contributed by atoms with E-state index in [0.29, 0.717) is 0 Å². The fourth-order valence-electron chi connectivity index (χ4n) is 4.16. The van der Waals surface area contributed by atoms with E-state index in [0.717, 1.165) is 64.2 Å². The molecule has 0 amide bonds. The first-order valence-electron chi connectivity index (χ1n) is 16.5. The van der Waals surface area contributed by atoms with E-state index >= 15 is 0 Å². The summed E-state index contributed by atoms with van der Waals surface area (Å²) >= 11 is 0. The molecule has 0 aromatic carbocycles. The zero-order chi connectivity index (χ0) is 29.8. The molecule has 5 heteroatoms. The molecule has 0 aromatic heterocycles. The Morgan fingerprint density at radius 2 is 0.683 bits per heavy atom. The third-order valence-corrected chi connectivity index (χ3v) is 6.66. The molecule has 0 aliphatic carbocycles.